The number of nitrogens with zero attached hydrogens (tertiary/aromatic N) is 2. The number of carbonyl (C=O) groups is 1. The maximum atomic E-state index is 13.3. The molecule has 146 valence electrons. The second kappa shape index (κ2) is 7.84. The van der Waals surface area contributed by atoms with Crippen molar-refractivity contribution in [1.29, 1.82) is 0 Å². The molecule has 0 aliphatic heterocycles. The highest BCUT2D eigenvalue weighted by Gasteiger charge is 2.22. The molecule has 0 bridgehead atoms. The van der Waals surface area contributed by atoms with E-state index in [0.29, 0.717) is 10.9 Å². The molecule has 0 radical (unpaired) electrons. The number of carbonyl (C=O) groups excluding carboxylic acids is 1. The molecule has 1 heterocycles. The first-order chi connectivity index (χ1) is 13.3. The van der Waals surface area contributed by atoms with Crippen LogP contribution >= 0.6 is 0 Å². The molecule has 3 aromatic rings. The van der Waals surface area contributed by atoms with Crippen LogP contribution in [0.4, 0.5) is 0 Å². The molecule has 0 fully saturated rings. The van der Waals surface area contributed by atoms with Gasteiger partial charge in [0, 0.05) is 6.04 Å². The van der Waals surface area contributed by atoms with Crippen LogP contribution in [0.15, 0.2) is 58.1 Å². The summed E-state index contributed by atoms with van der Waals surface area (Å²) < 4.78 is 2.62. The molecule has 1 N–H and O–H groups in total. The van der Waals surface area contributed by atoms with Gasteiger partial charge in [0.1, 0.15) is 6.04 Å². The van der Waals surface area contributed by atoms with E-state index in [1.807, 2.05) is 57.2 Å². The molecule has 0 saturated heterocycles. The lowest BCUT2D eigenvalue weighted by molar-refractivity contribution is -0.124. The van der Waals surface area contributed by atoms with Crippen LogP contribution in [0.3, 0.4) is 0 Å². The minimum absolute atomic E-state index is 0.0469. The number of hydrogen-bond donors (Lipinski definition) is 1. The van der Waals surface area contributed by atoms with Crippen molar-refractivity contribution in [3.8, 4) is 0 Å². The van der Waals surface area contributed by atoms with Gasteiger partial charge in [-0.25, -0.2) is 4.79 Å². The minimum atomic E-state index is -0.747. The van der Waals surface area contributed by atoms with E-state index in [2.05, 4.69) is 5.32 Å². The molecule has 0 saturated carbocycles. The van der Waals surface area contributed by atoms with Gasteiger partial charge < -0.3 is 5.32 Å². The number of fused-ring (bicyclic) bond motifs is 1. The first-order valence-corrected chi connectivity index (χ1v) is 9.39. The zero-order valence-electron chi connectivity index (χ0n) is 16.6. The maximum Gasteiger partial charge on any atom is 0.332 e. The molecule has 3 rings (SSSR count). The number of amides is 1. The smallest absolute Gasteiger partial charge is 0.332 e. The van der Waals surface area contributed by atoms with E-state index in [1.165, 1.54) is 9.13 Å². The Morgan fingerprint density at radius 1 is 1.04 bits per heavy atom. The lowest BCUT2D eigenvalue weighted by atomic mass is 10.1. The molecule has 1 unspecified atom stereocenters. The van der Waals surface area contributed by atoms with Crippen molar-refractivity contribution in [2.45, 2.75) is 46.3 Å². The molecular weight excluding hydrogens is 354 g/mol. The maximum absolute atomic E-state index is 13.3. The summed E-state index contributed by atoms with van der Waals surface area (Å²) in [6, 6.07) is 13.9. The van der Waals surface area contributed by atoms with Crippen LogP contribution in [-0.2, 0) is 11.3 Å². The zero-order valence-corrected chi connectivity index (χ0v) is 16.6. The zero-order chi connectivity index (χ0) is 20.4. The Kier molecular flexibility index (Phi) is 5.49. The molecule has 6 heteroatoms. The van der Waals surface area contributed by atoms with Crippen molar-refractivity contribution in [1.82, 2.24) is 14.5 Å². The number of aromatic nitrogens is 2. The Labute approximate surface area is 163 Å². The topological polar surface area (TPSA) is 73.1 Å². The summed E-state index contributed by atoms with van der Waals surface area (Å²) in [4.78, 5) is 39.0. The quantitative estimate of drug-likeness (QED) is 0.741. The third kappa shape index (κ3) is 3.76. The SMILES string of the molecule is Cc1ccc2c(c1)c(=O)n(Cc1ccccc1)c(=O)n2C(C)C(=O)NC(C)C. The van der Waals surface area contributed by atoms with Crippen LogP contribution in [0.1, 0.15) is 37.9 Å². The van der Waals surface area contributed by atoms with Gasteiger partial charge >= 0.3 is 5.69 Å². The highest BCUT2D eigenvalue weighted by molar-refractivity contribution is 5.84. The number of nitrogens with one attached hydrogen (secondary N) is 1. The molecule has 2 aromatic carbocycles. The number of aryl methyl sites for hydroxylation is 1. The third-order valence-electron chi connectivity index (χ3n) is 4.71. The minimum Gasteiger partial charge on any atom is -0.352 e. The highest BCUT2D eigenvalue weighted by atomic mass is 16.2. The van der Waals surface area contributed by atoms with E-state index >= 15 is 0 Å². The standard InChI is InChI=1S/C22H25N3O3/c1-14(2)23-20(26)16(4)25-19-11-10-15(3)12-18(19)21(27)24(22(25)28)13-17-8-6-5-7-9-17/h5-12,14,16H,13H2,1-4H3,(H,23,26). The predicted octanol–water partition coefficient (Wildman–Crippen LogP) is 2.61. The summed E-state index contributed by atoms with van der Waals surface area (Å²) >= 11 is 0. The molecule has 1 aromatic heterocycles. The van der Waals surface area contributed by atoms with E-state index in [0.717, 1.165) is 11.1 Å². The largest absolute Gasteiger partial charge is 0.352 e. The van der Waals surface area contributed by atoms with Gasteiger partial charge in [-0.05, 0) is 45.4 Å². The van der Waals surface area contributed by atoms with Gasteiger partial charge in [0.05, 0.1) is 17.4 Å². The molecule has 0 spiro atoms. The highest BCUT2D eigenvalue weighted by Crippen LogP contribution is 2.16. The molecule has 0 aliphatic rings. The van der Waals surface area contributed by atoms with Gasteiger partial charge in [-0.2, -0.15) is 0 Å². The Balaban J connectivity index is 2.26. The van der Waals surface area contributed by atoms with Crippen LogP contribution in [0, 0.1) is 6.92 Å². The first kappa shape index (κ1) is 19.6. The van der Waals surface area contributed by atoms with E-state index in [-0.39, 0.29) is 24.1 Å². The van der Waals surface area contributed by atoms with Gasteiger partial charge in [-0.3, -0.25) is 18.7 Å². The first-order valence-electron chi connectivity index (χ1n) is 9.39. The lowest BCUT2D eigenvalue weighted by Crippen LogP contribution is -2.45. The second-order valence-corrected chi connectivity index (χ2v) is 7.39. The molecule has 1 atom stereocenters. The normalized spacial score (nSPS) is 12.3. The van der Waals surface area contributed by atoms with Gasteiger partial charge in [-0.15, -0.1) is 0 Å². The second-order valence-electron chi connectivity index (χ2n) is 7.39. The van der Waals surface area contributed by atoms with Crippen molar-refractivity contribution in [3.05, 3.63) is 80.5 Å². The summed E-state index contributed by atoms with van der Waals surface area (Å²) in [6.07, 6.45) is 0. The molecule has 1 amide bonds. The van der Waals surface area contributed by atoms with Gasteiger partial charge in [0.2, 0.25) is 5.91 Å². The number of hydrogen-bond acceptors (Lipinski definition) is 3. The van der Waals surface area contributed by atoms with Crippen LogP contribution in [0.2, 0.25) is 0 Å². The van der Waals surface area contributed by atoms with E-state index < -0.39 is 11.7 Å². The van der Waals surface area contributed by atoms with Crippen molar-refractivity contribution >= 4 is 16.8 Å². The fourth-order valence-corrected chi connectivity index (χ4v) is 3.30. The lowest BCUT2D eigenvalue weighted by Gasteiger charge is -2.21. The average Bonchev–Trinajstić information content (AvgIpc) is 2.66. The Hall–Kier alpha value is -3.15. The van der Waals surface area contributed by atoms with Crippen molar-refractivity contribution in [2.24, 2.45) is 0 Å². The van der Waals surface area contributed by atoms with Crippen molar-refractivity contribution in [2.75, 3.05) is 0 Å². The van der Waals surface area contributed by atoms with Gasteiger partial charge in [0.25, 0.3) is 5.56 Å². The fraction of sp³-hybridized carbons (Fsp3) is 0.318. The monoisotopic (exact) mass is 379 g/mol. The predicted molar refractivity (Wildman–Crippen MR) is 111 cm³/mol. The number of benzene rings is 2. The van der Waals surface area contributed by atoms with Crippen LogP contribution < -0.4 is 16.6 Å². The fourth-order valence-electron chi connectivity index (χ4n) is 3.30. The third-order valence-corrected chi connectivity index (χ3v) is 4.71. The summed E-state index contributed by atoms with van der Waals surface area (Å²) in [5.41, 5.74) is 1.40. The Morgan fingerprint density at radius 3 is 2.36 bits per heavy atom. The van der Waals surface area contributed by atoms with Gasteiger partial charge in [0.15, 0.2) is 0 Å². The van der Waals surface area contributed by atoms with E-state index in [1.54, 1.807) is 19.1 Å². The van der Waals surface area contributed by atoms with E-state index in [9.17, 15) is 14.4 Å². The van der Waals surface area contributed by atoms with Crippen LogP contribution in [0.25, 0.3) is 10.9 Å². The van der Waals surface area contributed by atoms with Gasteiger partial charge in [-0.1, -0.05) is 42.0 Å². The Morgan fingerprint density at radius 2 is 1.71 bits per heavy atom. The van der Waals surface area contributed by atoms with Crippen molar-refractivity contribution < 1.29 is 4.79 Å². The summed E-state index contributed by atoms with van der Waals surface area (Å²) in [5.74, 6) is -0.260. The summed E-state index contributed by atoms with van der Waals surface area (Å²) in [6.45, 7) is 7.46. The van der Waals surface area contributed by atoms with E-state index in [4.69, 9.17) is 0 Å². The Bertz CT molecular complexity index is 1130. The molecule has 6 nitrogen and oxygen atoms in total. The number of rotatable bonds is 5. The average molecular weight is 379 g/mol. The summed E-state index contributed by atoms with van der Waals surface area (Å²) in [5, 5.41) is 3.27. The summed E-state index contributed by atoms with van der Waals surface area (Å²) in [7, 11) is 0. The van der Waals surface area contributed by atoms with Crippen LogP contribution in [-0.4, -0.2) is 21.1 Å². The van der Waals surface area contributed by atoms with Crippen molar-refractivity contribution in [3.63, 3.8) is 0 Å². The molecule has 0 aliphatic carbocycles. The molecular formula is C22H25N3O3. The van der Waals surface area contributed by atoms with Crippen LogP contribution in [0.5, 0.6) is 0 Å². The molecule has 28 heavy (non-hydrogen) atoms.